The summed E-state index contributed by atoms with van der Waals surface area (Å²) in [7, 11) is -4.14. The molecule has 0 fully saturated rings. The van der Waals surface area contributed by atoms with Gasteiger partial charge in [0.2, 0.25) is 11.8 Å². The topological polar surface area (TPSA) is 86.8 Å². The fourth-order valence-corrected chi connectivity index (χ4v) is 6.43. The molecule has 41 heavy (non-hydrogen) atoms. The number of amides is 2. The number of para-hydroxylation sites is 1. The third-order valence-corrected chi connectivity index (χ3v) is 8.85. The van der Waals surface area contributed by atoms with Crippen LogP contribution in [0.3, 0.4) is 0 Å². The van der Waals surface area contributed by atoms with E-state index in [4.69, 9.17) is 23.2 Å². The lowest BCUT2D eigenvalue weighted by Gasteiger charge is -2.35. The fourth-order valence-electron chi connectivity index (χ4n) is 4.49. The molecule has 7 nitrogen and oxygen atoms in total. The molecule has 0 saturated heterocycles. The maximum absolute atomic E-state index is 14.2. The lowest BCUT2D eigenvalue weighted by molar-refractivity contribution is -0.141. The Morgan fingerprint density at radius 3 is 2.12 bits per heavy atom. The molecule has 10 heteroatoms. The number of carbonyl (C=O) groups excluding carboxylic acids is 2. The predicted octanol–water partition coefficient (Wildman–Crippen LogP) is 6.47. The van der Waals surface area contributed by atoms with Crippen LogP contribution in [-0.4, -0.2) is 43.3 Å². The van der Waals surface area contributed by atoms with E-state index in [2.05, 4.69) is 5.32 Å². The first-order valence-electron chi connectivity index (χ1n) is 13.5. The Morgan fingerprint density at radius 2 is 1.54 bits per heavy atom. The van der Waals surface area contributed by atoms with Gasteiger partial charge < -0.3 is 10.2 Å². The molecule has 1 N–H and O–H groups in total. The molecule has 0 aliphatic heterocycles. The van der Waals surface area contributed by atoms with E-state index in [1.807, 2.05) is 46.8 Å². The minimum absolute atomic E-state index is 0.0143. The van der Waals surface area contributed by atoms with Crippen molar-refractivity contribution in [3.8, 4) is 0 Å². The fraction of sp³-hybridized carbons (Fsp3) is 0.355. The van der Waals surface area contributed by atoms with E-state index < -0.39 is 34.1 Å². The third-order valence-electron chi connectivity index (χ3n) is 6.49. The van der Waals surface area contributed by atoms with Gasteiger partial charge in [0.15, 0.2) is 0 Å². The quantitative estimate of drug-likeness (QED) is 0.267. The predicted molar refractivity (Wildman–Crippen MR) is 166 cm³/mol. The number of nitrogens with one attached hydrogen (secondary N) is 1. The molecule has 2 amide bonds. The lowest BCUT2D eigenvalue weighted by atomic mass is 10.1. The molecule has 3 aromatic carbocycles. The molecule has 3 rings (SSSR count). The van der Waals surface area contributed by atoms with E-state index in [0.717, 1.165) is 9.87 Å². The van der Waals surface area contributed by atoms with Crippen LogP contribution in [0.4, 0.5) is 5.69 Å². The van der Waals surface area contributed by atoms with Gasteiger partial charge in [-0.05, 0) is 75.1 Å². The normalized spacial score (nSPS) is 12.5. The van der Waals surface area contributed by atoms with Gasteiger partial charge in [-0.1, -0.05) is 79.5 Å². The number of rotatable bonds is 11. The zero-order valence-electron chi connectivity index (χ0n) is 24.0. The van der Waals surface area contributed by atoms with E-state index in [0.29, 0.717) is 34.1 Å². The minimum Gasteiger partial charge on any atom is -0.350 e. The summed E-state index contributed by atoms with van der Waals surface area (Å²) in [6.07, 6.45) is 0.858. The molecule has 0 bridgehead atoms. The van der Waals surface area contributed by atoms with E-state index in [1.165, 1.54) is 17.0 Å². The van der Waals surface area contributed by atoms with Gasteiger partial charge in [-0.2, -0.15) is 0 Å². The van der Waals surface area contributed by atoms with Gasteiger partial charge >= 0.3 is 0 Å². The van der Waals surface area contributed by atoms with Gasteiger partial charge in [0, 0.05) is 22.1 Å². The first kappa shape index (κ1) is 32.4. The van der Waals surface area contributed by atoms with Crippen molar-refractivity contribution in [3.05, 3.63) is 94.0 Å². The minimum atomic E-state index is -4.14. The summed E-state index contributed by atoms with van der Waals surface area (Å²) in [5.74, 6) is -0.887. The third kappa shape index (κ3) is 8.24. The van der Waals surface area contributed by atoms with Crippen molar-refractivity contribution in [1.82, 2.24) is 10.2 Å². The van der Waals surface area contributed by atoms with E-state index in [9.17, 15) is 18.0 Å². The first-order chi connectivity index (χ1) is 19.3. The van der Waals surface area contributed by atoms with E-state index in [1.54, 1.807) is 48.5 Å². The molecular formula is C31H37Cl2N3O4S. The van der Waals surface area contributed by atoms with Crippen LogP contribution in [0.25, 0.3) is 0 Å². The molecule has 220 valence electrons. The summed E-state index contributed by atoms with van der Waals surface area (Å²) in [6, 6.07) is 19.1. The highest BCUT2D eigenvalue weighted by molar-refractivity contribution is 7.92. The van der Waals surface area contributed by atoms with Crippen LogP contribution in [-0.2, 0) is 32.6 Å². The number of benzene rings is 3. The van der Waals surface area contributed by atoms with Crippen LogP contribution < -0.4 is 9.62 Å². The Kier molecular flexibility index (Phi) is 10.9. The zero-order valence-corrected chi connectivity index (χ0v) is 26.4. The van der Waals surface area contributed by atoms with Gasteiger partial charge in [-0.25, -0.2) is 8.42 Å². The molecule has 0 radical (unpaired) electrons. The SMILES string of the molecule is CCc1ccccc1N(CC(=O)N(Cc1ccc(Cl)cc1Cl)C(CC)C(=O)NC(C)(C)C)S(=O)(=O)c1ccccc1. The standard InChI is InChI=1S/C31H37Cl2N3O4S/c1-6-22-13-11-12-16-28(22)36(41(39,40)25-14-9-8-10-15-25)21-29(37)35(20-23-17-18-24(32)19-26(23)33)27(7-2)30(38)34-31(3,4)5/h8-19,27H,6-7,20-21H2,1-5H3,(H,34,38). The lowest BCUT2D eigenvalue weighted by Crippen LogP contribution is -2.55. The summed E-state index contributed by atoms with van der Waals surface area (Å²) in [6.45, 7) is 8.77. The molecule has 1 atom stereocenters. The molecule has 3 aromatic rings. The molecule has 1 unspecified atom stereocenters. The Labute approximate surface area is 253 Å². The monoisotopic (exact) mass is 617 g/mol. The van der Waals surface area contributed by atoms with Crippen LogP contribution in [0, 0.1) is 0 Å². The van der Waals surface area contributed by atoms with Crippen LogP contribution in [0.15, 0.2) is 77.7 Å². The highest BCUT2D eigenvalue weighted by atomic mass is 35.5. The van der Waals surface area contributed by atoms with Gasteiger partial charge in [-0.3, -0.25) is 13.9 Å². The Balaban J connectivity index is 2.12. The van der Waals surface area contributed by atoms with Gasteiger partial charge in [0.25, 0.3) is 10.0 Å². The Hall–Kier alpha value is -3.07. The van der Waals surface area contributed by atoms with Gasteiger partial charge in [0.05, 0.1) is 10.6 Å². The highest BCUT2D eigenvalue weighted by Gasteiger charge is 2.35. The number of halogens is 2. The largest absolute Gasteiger partial charge is 0.350 e. The summed E-state index contributed by atoms with van der Waals surface area (Å²) in [5.41, 5.74) is 1.21. The zero-order chi connectivity index (χ0) is 30.4. The molecule has 0 aromatic heterocycles. The summed E-state index contributed by atoms with van der Waals surface area (Å²) in [4.78, 5) is 29.1. The van der Waals surface area contributed by atoms with Crippen molar-refractivity contribution in [2.75, 3.05) is 10.8 Å². The number of aryl methyl sites for hydroxylation is 1. The highest BCUT2D eigenvalue weighted by Crippen LogP contribution is 2.29. The number of anilines is 1. The second-order valence-corrected chi connectivity index (χ2v) is 13.4. The second kappa shape index (κ2) is 13.7. The summed E-state index contributed by atoms with van der Waals surface area (Å²) in [5, 5.41) is 3.73. The van der Waals surface area contributed by atoms with Gasteiger partial charge in [-0.15, -0.1) is 0 Å². The molecule has 0 spiro atoms. The maximum atomic E-state index is 14.2. The molecule has 0 saturated carbocycles. The summed E-state index contributed by atoms with van der Waals surface area (Å²) < 4.78 is 29.2. The molecule has 0 heterocycles. The van der Waals surface area contributed by atoms with Crippen molar-refractivity contribution < 1.29 is 18.0 Å². The van der Waals surface area contributed by atoms with Crippen molar-refractivity contribution in [1.29, 1.82) is 0 Å². The average molecular weight is 619 g/mol. The number of nitrogens with zero attached hydrogens (tertiary/aromatic N) is 2. The number of sulfonamides is 1. The molecular weight excluding hydrogens is 581 g/mol. The second-order valence-electron chi connectivity index (χ2n) is 10.7. The van der Waals surface area contributed by atoms with Crippen LogP contribution in [0.5, 0.6) is 0 Å². The van der Waals surface area contributed by atoms with Crippen LogP contribution >= 0.6 is 23.2 Å². The smallest absolute Gasteiger partial charge is 0.264 e. The first-order valence-corrected chi connectivity index (χ1v) is 15.7. The van der Waals surface area contributed by atoms with Crippen molar-refractivity contribution in [2.24, 2.45) is 0 Å². The van der Waals surface area contributed by atoms with Gasteiger partial charge in [0.1, 0.15) is 12.6 Å². The molecule has 0 aliphatic carbocycles. The van der Waals surface area contributed by atoms with Crippen LogP contribution in [0.2, 0.25) is 10.0 Å². The average Bonchev–Trinajstić information content (AvgIpc) is 2.92. The maximum Gasteiger partial charge on any atom is 0.264 e. The van der Waals surface area contributed by atoms with Crippen molar-refractivity contribution >= 4 is 50.7 Å². The molecule has 0 aliphatic rings. The van der Waals surface area contributed by atoms with Crippen LogP contribution in [0.1, 0.15) is 52.2 Å². The Morgan fingerprint density at radius 1 is 0.902 bits per heavy atom. The van der Waals surface area contributed by atoms with E-state index in [-0.39, 0.29) is 17.3 Å². The van der Waals surface area contributed by atoms with E-state index >= 15 is 0 Å². The van der Waals surface area contributed by atoms with Crippen molar-refractivity contribution in [2.45, 2.75) is 70.5 Å². The number of hydrogen-bond acceptors (Lipinski definition) is 4. The number of hydrogen-bond donors (Lipinski definition) is 1. The number of carbonyl (C=O) groups is 2. The Bertz CT molecular complexity index is 1470. The summed E-state index contributed by atoms with van der Waals surface area (Å²) >= 11 is 12.6. The van der Waals surface area contributed by atoms with Crippen molar-refractivity contribution in [3.63, 3.8) is 0 Å².